The van der Waals surface area contributed by atoms with Crippen LogP contribution < -0.4 is 5.46 Å². The third-order valence-corrected chi connectivity index (χ3v) is 3.90. The molecule has 1 aromatic heterocycles. The summed E-state index contributed by atoms with van der Waals surface area (Å²) in [6.07, 6.45) is 4.51. The van der Waals surface area contributed by atoms with Crippen LogP contribution >= 0.6 is 0 Å². The number of fused-ring (bicyclic) bond motifs is 1. The Bertz CT molecular complexity index is 609. The molecule has 0 atom stereocenters. The van der Waals surface area contributed by atoms with E-state index in [9.17, 15) is 4.79 Å². The minimum atomic E-state index is 0.0891. The highest BCUT2D eigenvalue weighted by atomic mass is 16.1. The Morgan fingerprint density at radius 3 is 3.00 bits per heavy atom. The van der Waals surface area contributed by atoms with Gasteiger partial charge in [-0.2, -0.15) is 0 Å². The third kappa shape index (κ3) is 2.46. The summed E-state index contributed by atoms with van der Waals surface area (Å²) < 4.78 is 0. The van der Waals surface area contributed by atoms with Crippen molar-refractivity contribution in [2.24, 2.45) is 0 Å². The molecule has 1 aromatic carbocycles. The molecule has 2 nitrogen and oxygen atoms in total. The van der Waals surface area contributed by atoms with E-state index in [0.29, 0.717) is 18.8 Å². The predicted octanol–water partition coefficient (Wildman–Crippen LogP) is 2.39. The van der Waals surface area contributed by atoms with Crippen molar-refractivity contribution in [2.45, 2.75) is 26.0 Å². The van der Waals surface area contributed by atoms with E-state index in [4.69, 9.17) is 0 Å². The lowest BCUT2D eigenvalue weighted by Gasteiger charge is -2.06. The zero-order valence-electron chi connectivity index (χ0n) is 11.1. The molecule has 2 heterocycles. The molecule has 1 aliphatic rings. The first-order chi connectivity index (χ1) is 9.24. The molecular formula is C16H16BNO. The lowest BCUT2D eigenvalue weighted by Crippen LogP contribution is -2.23. The second-order valence-electron chi connectivity index (χ2n) is 5.29. The van der Waals surface area contributed by atoms with E-state index >= 15 is 0 Å². The summed E-state index contributed by atoms with van der Waals surface area (Å²) >= 11 is 0. The fourth-order valence-electron chi connectivity index (χ4n) is 2.77. The van der Waals surface area contributed by atoms with Gasteiger partial charge in [-0.15, -0.1) is 0 Å². The highest BCUT2D eigenvalue weighted by Gasteiger charge is 2.21. The number of aryl methyl sites for hydroxylation is 1. The third-order valence-electron chi connectivity index (χ3n) is 3.90. The molecule has 0 radical (unpaired) electrons. The van der Waals surface area contributed by atoms with Gasteiger partial charge in [0.05, 0.1) is 0 Å². The van der Waals surface area contributed by atoms with Crippen LogP contribution in [0.15, 0.2) is 42.6 Å². The van der Waals surface area contributed by atoms with Gasteiger partial charge in [-0.3, -0.25) is 9.78 Å². The van der Waals surface area contributed by atoms with Crippen LogP contribution in [0.25, 0.3) is 0 Å². The summed E-state index contributed by atoms with van der Waals surface area (Å²) in [5.74, 6) is 0.0891. The summed E-state index contributed by atoms with van der Waals surface area (Å²) in [6, 6.07) is 11.9. The fourth-order valence-corrected chi connectivity index (χ4v) is 2.77. The van der Waals surface area contributed by atoms with Crippen LogP contribution in [-0.4, -0.2) is 17.5 Å². The van der Waals surface area contributed by atoms with Crippen LogP contribution in [-0.2, 0) is 12.8 Å². The number of Topliss-reactive ketones (excluding diaryl/α,β-unsaturated/α-hetero) is 1. The number of rotatable bonds is 3. The standard InChI is InChI=1S/C16H16BNO/c1-17-8-7-13-6-5-12(10-14(13)17)11-16(19)15-4-2-3-9-18-15/h2-6,9-10H,7-8,11H2,1H3. The molecule has 94 valence electrons. The molecule has 0 saturated heterocycles. The highest BCUT2D eigenvalue weighted by molar-refractivity contribution is 6.73. The van der Waals surface area contributed by atoms with Gasteiger partial charge in [0.1, 0.15) is 5.69 Å². The Morgan fingerprint density at radius 2 is 2.21 bits per heavy atom. The summed E-state index contributed by atoms with van der Waals surface area (Å²) in [7, 11) is 0. The smallest absolute Gasteiger partial charge is 0.185 e. The second kappa shape index (κ2) is 5.00. The number of benzene rings is 1. The number of hydrogen-bond acceptors (Lipinski definition) is 2. The van der Waals surface area contributed by atoms with Crippen LogP contribution in [0.1, 0.15) is 21.6 Å². The topological polar surface area (TPSA) is 30.0 Å². The lowest BCUT2D eigenvalue weighted by atomic mass is 9.48. The van der Waals surface area contributed by atoms with Gasteiger partial charge in [-0.25, -0.2) is 0 Å². The average Bonchev–Trinajstić information content (AvgIpc) is 2.81. The molecule has 1 aliphatic heterocycles. The van der Waals surface area contributed by atoms with Crippen molar-refractivity contribution in [3.8, 4) is 0 Å². The Kier molecular flexibility index (Phi) is 3.20. The minimum absolute atomic E-state index is 0.0891. The largest absolute Gasteiger partial charge is 0.292 e. The molecular weight excluding hydrogens is 233 g/mol. The molecule has 19 heavy (non-hydrogen) atoms. The maximum Gasteiger partial charge on any atom is 0.185 e. The maximum absolute atomic E-state index is 12.1. The first-order valence-electron chi connectivity index (χ1n) is 6.80. The number of carbonyl (C=O) groups is 1. The van der Waals surface area contributed by atoms with E-state index in [1.807, 2.05) is 12.1 Å². The zero-order chi connectivity index (χ0) is 13.2. The lowest BCUT2D eigenvalue weighted by molar-refractivity contribution is 0.0988. The van der Waals surface area contributed by atoms with Gasteiger partial charge < -0.3 is 0 Å². The number of hydrogen-bond donors (Lipinski definition) is 0. The van der Waals surface area contributed by atoms with Crippen LogP contribution in [0.5, 0.6) is 0 Å². The molecule has 0 aliphatic carbocycles. The average molecular weight is 249 g/mol. The molecule has 2 aromatic rings. The maximum atomic E-state index is 12.1. The molecule has 0 amide bonds. The van der Waals surface area contributed by atoms with E-state index < -0.39 is 0 Å². The second-order valence-corrected chi connectivity index (χ2v) is 5.29. The molecule has 0 saturated carbocycles. The molecule has 0 fully saturated rings. The fraction of sp³-hybridized carbons (Fsp3) is 0.250. The van der Waals surface area contributed by atoms with Crippen LogP contribution in [0.2, 0.25) is 13.1 Å². The SMILES string of the molecule is CB1CCc2ccc(CC(=O)c3ccccn3)cc21. The van der Waals surface area contributed by atoms with Gasteiger partial charge in [0.2, 0.25) is 0 Å². The van der Waals surface area contributed by atoms with E-state index in [1.54, 1.807) is 12.3 Å². The summed E-state index contributed by atoms with van der Waals surface area (Å²) in [5.41, 5.74) is 4.52. The van der Waals surface area contributed by atoms with Gasteiger partial charge >= 0.3 is 0 Å². The van der Waals surface area contributed by atoms with E-state index in [0.717, 1.165) is 5.56 Å². The summed E-state index contributed by atoms with van der Waals surface area (Å²) in [6.45, 7) is 2.89. The first-order valence-corrected chi connectivity index (χ1v) is 6.80. The van der Waals surface area contributed by atoms with E-state index in [2.05, 4.69) is 30.0 Å². The predicted molar refractivity (Wildman–Crippen MR) is 78.5 cm³/mol. The van der Waals surface area contributed by atoms with Crippen molar-refractivity contribution in [1.29, 1.82) is 0 Å². The first kappa shape index (κ1) is 12.2. The van der Waals surface area contributed by atoms with Gasteiger partial charge in [-0.1, -0.05) is 48.4 Å². The Labute approximate surface area is 114 Å². The zero-order valence-corrected chi connectivity index (χ0v) is 11.1. The molecule has 0 spiro atoms. The van der Waals surface area contributed by atoms with Crippen LogP contribution in [0, 0.1) is 0 Å². The Morgan fingerprint density at radius 1 is 1.32 bits per heavy atom. The minimum Gasteiger partial charge on any atom is -0.292 e. The van der Waals surface area contributed by atoms with Gasteiger partial charge in [0, 0.05) is 12.6 Å². The molecule has 0 N–H and O–H groups in total. The van der Waals surface area contributed by atoms with Crippen molar-refractivity contribution in [2.75, 3.05) is 0 Å². The molecule has 0 unspecified atom stereocenters. The summed E-state index contributed by atoms with van der Waals surface area (Å²) in [5, 5.41) is 0. The number of ketones is 1. The van der Waals surface area contributed by atoms with E-state index in [1.165, 1.54) is 23.8 Å². The highest BCUT2D eigenvalue weighted by Crippen LogP contribution is 2.16. The van der Waals surface area contributed by atoms with E-state index in [-0.39, 0.29) is 5.78 Å². The Balaban J connectivity index is 1.81. The number of nitrogens with zero attached hydrogens (tertiary/aromatic N) is 1. The molecule has 3 rings (SSSR count). The van der Waals surface area contributed by atoms with Crippen LogP contribution in [0.3, 0.4) is 0 Å². The van der Waals surface area contributed by atoms with Crippen molar-refractivity contribution in [3.63, 3.8) is 0 Å². The van der Waals surface area contributed by atoms with Gasteiger partial charge in [0.15, 0.2) is 12.5 Å². The molecule has 3 heteroatoms. The van der Waals surface area contributed by atoms with Crippen molar-refractivity contribution in [3.05, 3.63) is 59.4 Å². The van der Waals surface area contributed by atoms with Crippen molar-refractivity contribution in [1.82, 2.24) is 4.98 Å². The molecule has 0 bridgehead atoms. The normalized spacial score (nSPS) is 13.4. The number of pyridine rings is 1. The van der Waals surface area contributed by atoms with Gasteiger partial charge in [0.25, 0.3) is 0 Å². The quantitative estimate of drug-likeness (QED) is 0.617. The van der Waals surface area contributed by atoms with Crippen LogP contribution in [0.4, 0.5) is 0 Å². The van der Waals surface area contributed by atoms with Crippen molar-refractivity contribution >= 4 is 18.0 Å². The monoisotopic (exact) mass is 249 g/mol. The number of carbonyl (C=O) groups excluding carboxylic acids is 1. The van der Waals surface area contributed by atoms with Gasteiger partial charge in [-0.05, 0) is 24.1 Å². The Hall–Kier alpha value is -1.90. The van der Waals surface area contributed by atoms with Crippen molar-refractivity contribution < 1.29 is 4.79 Å². The number of aromatic nitrogens is 1. The summed E-state index contributed by atoms with van der Waals surface area (Å²) in [4.78, 5) is 16.2.